The Bertz CT molecular complexity index is 297. The summed E-state index contributed by atoms with van der Waals surface area (Å²) in [6, 6.07) is 0. The highest BCUT2D eigenvalue weighted by molar-refractivity contribution is 5.67. The summed E-state index contributed by atoms with van der Waals surface area (Å²) in [7, 11) is 0. The highest BCUT2D eigenvalue weighted by Crippen LogP contribution is 2.32. The van der Waals surface area contributed by atoms with Gasteiger partial charge in [-0.3, -0.25) is 4.79 Å². The van der Waals surface area contributed by atoms with Crippen molar-refractivity contribution in [1.29, 1.82) is 0 Å². The maximum atomic E-state index is 10.7. The Morgan fingerprint density at radius 3 is 2.94 bits per heavy atom. The van der Waals surface area contributed by atoms with Gasteiger partial charge in [0.2, 0.25) is 0 Å². The summed E-state index contributed by atoms with van der Waals surface area (Å²) in [5.41, 5.74) is 1.28. The first-order valence-corrected chi connectivity index (χ1v) is 5.99. The summed E-state index contributed by atoms with van der Waals surface area (Å²) < 4.78 is 5.71. The van der Waals surface area contributed by atoms with E-state index in [2.05, 4.69) is 11.0 Å². The van der Waals surface area contributed by atoms with Crippen LogP contribution in [0.4, 0.5) is 0 Å². The van der Waals surface area contributed by atoms with Crippen LogP contribution in [0.25, 0.3) is 0 Å². The maximum absolute atomic E-state index is 10.7. The molecule has 0 spiro atoms. The number of hydrogen-bond donors (Lipinski definition) is 1. The Kier molecular flexibility index (Phi) is 3.49. The van der Waals surface area contributed by atoms with Gasteiger partial charge in [-0.1, -0.05) is 6.08 Å². The number of aliphatic carboxylic acids is 1. The molecule has 0 aromatic heterocycles. The SMILES string of the molecule is CCOC1CC(CC(=O)O)CC=C1N1CC1. The van der Waals surface area contributed by atoms with Crippen LogP contribution in [0.15, 0.2) is 11.8 Å². The van der Waals surface area contributed by atoms with Gasteiger partial charge < -0.3 is 14.7 Å². The van der Waals surface area contributed by atoms with Crippen molar-refractivity contribution in [2.45, 2.75) is 32.3 Å². The zero-order valence-corrected chi connectivity index (χ0v) is 9.69. The van der Waals surface area contributed by atoms with E-state index in [0.29, 0.717) is 6.61 Å². The highest BCUT2D eigenvalue weighted by Gasteiger charge is 2.32. The van der Waals surface area contributed by atoms with Crippen LogP contribution in [0.1, 0.15) is 26.2 Å². The average molecular weight is 225 g/mol. The number of carboxylic acids is 1. The third-order valence-corrected chi connectivity index (χ3v) is 3.18. The molecule has 0 aromatic rings. The van der Waals surface area contributed by atoms with Crippen molar-refractivity contribution in [3.8, 4) is 0 Å². The lowest BCUT2D eigenvalue weighted by atomic mass is 9.88. The van der Waals surface area contributed by atoms with Gasteiger partial charge in [0.25, 0.3) is 0 Å². The van der Waals surface area contributed by atoms with Gasteiger partial charge in [0.15, 0.2) is 0 Å². The second-order valence-electron chi connectivity index (χ2n) is 4.50. The van der Waals surface area contributed by atoms with E-state index >= 15 is 0 Å². The maximum Gasteiger partial charge on any atom is 0.303 e. The van der Waals surface area contributed by atoms with Crippen LogP contribution < -0.4 is 0 Å². The monoisotopic (exact) mass is 225 g/mol. The highest BCUT2D eigenvalue weighted by atomic mass is 16.5. The minimum absolute atomic E-state index is 0.116. The van der Waals surface area contributed by atoms with Crippen LogP contribution in [0.5, 0.6) is 0 Å². The summed E-state index contributed by atoms with van der Waals surface area (Å²) in [4.78, 5) is 13.0. The Morgan fingerprint density at radius 2 is 2.38 bits per heavy atom. The molecule has 0 saturated carbocycles. The zero-order valence-electron chi connectivity index (χ0n) is 9.69. The van der Waals surface area contributed by atoms with E-state index in [1.165, 1.54) is 5.70 Å². The first kappa shape index (κ1) is 11.5. The zero-order chi connectivity index (χ0) is 11.5. The first-order valence-electron chi connectivity index (χ1n) is 5.99. The molecule has 1 saturated heterocycles. The van der Waals surface area contributed by atoms with Gasteiger partial charge in [-0.2, -0.15) is 0 Å². The third kappa shape index (κ3) is 2.76. The molecule has 2 atom stereocenters. The summed E-state index contributed by atoms with van der Waals surface area (Å²) in [5.74, 6) is -0.471. The fourth-order valence-electron chi connectivity index (χ4n) is 2.35. The molecular weight excluding hydrogens is 206 g/mol. The van der Waals surface area contributed by atoms with Crippen molar-refractivity contribution in [2.75, 3.05) is 19.7 Å². The summed E-state index contributed by atoms with van der Waals surface area (Å²) >= 11 is 0. The molecule has 1 N–H and O–H groups in total. The lowest BCUT2D eigenvalue weighted by molar-refractivity contribution is -0.138. The van der Waals surface area contributed by atoms with Crippen LogP contribution in [0, 0.1) is 5.92 Å². The van der Waals surface area contributed by atoms with Crippen molar-refractivity contribution < 1.29 is 14.6 Å². The number of nitrogens with zero attached hydrogens (tertiary/aromatic N) is 1. The van der Waals surface area contributed by atoms with Crippen LogP contribution >= 0.6 is 0 Å². The van der Waals surface area contributed by atoms with Gasteiger partial charge >= 0.3 is 5.97 Å². The van der Waals surface area contributed by atoms with Gasteiger partial charge in [0.05, 0.1) is 6.10 Å². The summed E-state index contributed by atoms with van der Waals surface area (Å²) in [6.45, 7) is 4.92. The number of carbonyl (C=O) groups is 1. The smallest absolute Gasteiger partial charge is 0.303 e. The second kappa shape index (κ2) is 4.87. The van der Waals surface area contributed by atoms with Crippen molar-refractivity contribution in [3.63, 3.8) is 0 Å². The molecule has 2 rings (SSSR count). The Balaban J connectivity index is 1.98. The lowest BCUT2D eigenvalue weighted by Crippen LogP contribution is -2.28. The standard InChI is InChI=1S/C12H19NO3/c1-2-16-11-7-9(8-12(14)15)3-4-10(11)13-5-6-13/h4,9,11H,2-3,5-8H2,1H3,(H,14,15). The van der Waals surface area contributed by atoms with Gasteiger partial charge in [-0.05, 0) is 25.7 Å². The predicted octanol–water partition coefficient (Wildman–Crippen LogP) is 1.48. The molecule has 0 aromatic carbocycles. The molecule has 1 aliphatic carbocycles. The van der Waals surface area contributed by atoms with Crippen LogP contribution in [0.2, 0.25) is 0 Å². The molecule has 0 radical (unpaired) electrons. The topological polar surface area (TPSA) is 49.5 Å². The lowest BCUT2D eigenvalue weighted by Gasteiger charge is -2.29. The van der Waals surface area contributed by atoms with Crippen molar-refractivity contribution in [3.05, 3.63) is 11.8 Å². The van der Waals surface area contributed by atoms with E-state index in [9.17, 15) is 4.79 Å². The number of hydrogen-bond acceptors (Lipinski definition) is 3. The number of allylic oxidation sites excluding steroid dienone is 1. The molecule has 4 heteroatoms. The largest absolute Gasteiger partial charge is 0.481 e. The van der Waals surface area contributed by atoms with Crippen LogP contribution in [-0.2, 0) is 9.53 Å². The molecule has 1 aliphatic heterocycles. The van der Waals surface area contributed by atoms with Gasteiger partial charge in [-0.15, -0.1) is 0 Å². The number of rotatable bonds is 5. The first-order chi connectivity index (χ1) is 7.70. The number of carboxylic acid groups (broad SMARTS) is 1. The van der Waals surface area contributed by atoms with Crippen molar-refractivity contribution in [2.24, 2.45) is 5.92 Å². The van der Waals surface area contributed by atoms with Crippen LogP contribution in [-0.4, -0.2) is 41.8 Å². The van der Waals surface area contributed by atoms with E-state index < -0.39 is 5.97 Å². The molecule has 90 valence electrons. The molecule has 1 heterocycles. The fourth-order valence-corrected chi connectivity index (χ4v) is 2.35. The average Bonchev–Trinajstić information content (AvgIpc) is 3.01. The van der Waals surface area contributed by atoms with Crippen molar-refractivity contribution >= 4 is 5.97 Å². The predicted molar refractivity (Wildman–Crippen MR) is 60.0 cm³/mol. The molecule has 4 nitrogen and oxygen atoms in total. The summed E-state index contributed by atoms with van der Waals surface area (Å²) in [6.07, 6.45) is 4.27. The quantitative estimate of drug-likeness (QED) is 0.720. The Hall–Kier alpha value is -1.03. The molecule has 16 heavy (non-hydrogen) atoms. The second-order valence-corrected chi connectivity index (χ2v) is 4.50. The Labute approximate surface area is 95.9 Å². The van der Waals surface area contributed by atoms with E-state index in [1.807, 2.05) is 6.92 Å². The van der Waals surface area contributed by atoms with Gasteiger partial charge in [0, 0.05) is 31.8 Å². The van der Waals surface area contributed by atoms with E-state index in [0.717, 1.165) is 25.9 Å². The van der Waals surface area contributed by atoms with Gasteiger partial charge in [-0.25, -0.2) is 0 Å². The number of ether oxygens (including phenoxy) is 1. The molecule has 0 amide bonds. The molecule has 2 unspecified atom stereocenters. The van der Waals surface area contributed by atoms with Crippen molar-refractivity contribution in [1.82, 2.24) is 4.90 Å². The molecule has 1 fully saturated rings. The van der Waals surface area contributed by atoms with Gasteiger partial charge in [0.1, 0.15) is 0 Å². The van der Waals surface area contributed by atoms with E-state index in [4.69, 9.17) is 9.84 Å². The van der Waals surface area contributed by atoms with E-state index in [1.54, 1.807) is 0 Å². The molecular formula is C12H19NO3. The molecule has 2 aliphatic rings. The van der Waals surface area contributed by atoms with Crippen LogP contribution in [0.3, 0.4) is 0 Å². The minimum atomic E-state index is -0.705. The summed E-state index contributed by atoms with van der Waals surface area (Å²) in [5, 5.41) is 8.80. The minimum Gasteiger partial charge on any atom is -0.481 e. The molecule has 0 bridgehead atoms. The van der Waals surface area contributed by atoms with E-state index in [-0.39, 0.29) is 18.4 Å². The fraction of sp³-hybridized carbons (Fsp3) is 0.750. The Morgan fingerprint density at radius 1 is 1.62 bits per heavy atom. The normalized spacial score (nSPS) is 28.8. The third-order valence-electron chi connectivity index (χ3n) is 3.18.